The number of hydrogen-bond acceptors (Lipinski definition) is 5. The van der Waals surface area contributed by atoms with Crippen LogP contribution < -0.4 is 11.1 Å². The molecule has 20 heavy (non-hydrogen) atoms. The predicted octanol–water partition coefficient (Wildman–Crippen LogP) is 0.826. The summed E-state index contributed by atoms with van der Waals surface area (Å²) >= 11 is 1.71. The molecule has 2 fully saturated rings. The normalized spacial score (nSPS) is 30.4. The molecule has 0 bridgehead atoms. The smallest absolute Gasteiger partial charge is 0.237 e. The van der Waals surface area contributed by atoms with Crippen LogP contribution in [-0.2, 0) is 11.8 Å². The molecular formula is C13H21N5OS. The third-order valence-electron chi connectivity index (χ3n) is 4.18. The van der Waals surface area contributed by atoms with Gasteiger partial charge in [-0.05, 0) is 38.5 Å². The second-order valence-corrected chi connectivity index (χ2v) is 7.13. The van der Waals surface area contributed by atoms with Gasteiger partial charge in [-0.2, -0.15) is 5.10 Å². The van der Waals surface area contributed by atoms with Crippen molar-refractivity contribution in [1.82, 2.24) is 20.1 Å². The second kappa shape index (κ2) is 5.37. The Morgan fingerprint density at radius 3 is 2.95 bits per heavy atom. The molecule has 2 aliphatic carbocycles. The summed E-state index contributed by atoms with van der Waals surface area (Å²) in [4.78, 5) is 16.2. The van der Waals surface area contributed by atoms with Gasteiger partial charge in [0, 0.05) is 18.3 Å². The molecule has 0 radical (unpaired) electrons. The number of aromatic nitrogens is 3. The Labute approximate surface area is 122 Å². The SMILES string of the molecule is Cn1ncnc1SC1CCCC(NC2CC2)(C(N)=O)C1. The molecule has 110 valence electrons. The minimum atomic E-state index is -0.518. The largest absolute Gasteiger partial charge is 0.368 e. The highest BCUT2D eigenvalue weighted by atomic mass is 32.2. The number of amides is 1. The highest BCUT2D eigenvalue weighted by molar-refractivity contribution is 7.99. The lowest BCUT2D eigenvalue weighted by molar-refractivity contribution is -0.125. The topological polar surface area (TPSA) is 85.8 Å². The lowest BCUT2D eigenvalue weighted by atomic mass is 9.80. The number of aryl methyl sites for hydroxylation is 1. The molecule has 0 saturated heterocycles. The monoisotopic (exact) mass is 295 g/mol. The molecule has 0 spiro atoms. The number of carbonyl (C=O) groups is 1. The van der Waals surface area contributed by atoms with Crippen LogP contribution in [0.3, 0.4) is 0 Å². The van der Waals surface area contributed by atoms with E-state index in [1.54, 1.807) is 22.8 Å². The Bertz CT molecular complexity index is 501. The van der Waals surface area contributed by atoms with Gasteiger partial charge < -0.3 is 11.1 Å². The summed E-state index contributed by atoms with van der Waals surface area (Å²) in [5.41, 5.74) is 5.18. The van der Waals surface area contributed by atoms with Crippen LogP contribution in [0.2, 0.25) is 0 Å². The Balaban J connectivity index is 1.70. The van der Waals surface area contributed by atoms with E-state index in [4.69, 9.17) is 5.73 Å². The first-order valence-electron chi connectivity index (χ1n) is 7.17. The van der Waals surface area contributed by atoms with Gasteiger partial charge in [-0.25, -0.2) is 9.67 Å². The molecule has 2 saturated carbocycles. The van der Waals surface area contributed by atoms with Gasteiger partial charge in [-0.15, -0.1) is 0 Å². The molecule has 7 heteroatoms. The average molecular weight is 295 g/mol. The van der Waals surface area contributed by atoms with Crippen molar-refractivity contribution in [3.63, 3.8) is 0 Å². The first-order chi connectivity index (χ1) is 9.59. The summed E-state index contributed by atoms with van der Waals surface area (Å²) in [5, 5.41) is 8.86. The van der Waals surface area contributed by atoms with Gasteiger partial charge in [0.15, 0.2) is 5.16 Å². The molecule has 2 atom stereocenters. The summed E-state index contributed by atoms with van der Waals surface area (Å²) in [6.45, 7) is 0. The number of hydrogen-bond donors (Lipinski definition) is 2. The van der Waals surface area contributed by atoms with E-state index in [0.29, 0.717) is 11.3 Å². The lowest BCUT2D eigenvalue weighted by Gasteiger charge is -2.39. The molecule has 6 nitrogen and oxygen atoms in total. The first-order valence-corrected chi connectivity index (χ1v) is 8.05. The van der Waals surface area contributed by atoms with Crippen LogP contribution in [0.15, 0.2) is 11.5 Å². The number of nitrogens with zero attached hydrogens (tertiary/aromatic N) is 3. The number of rotatable bonds is 5. The van der Waals surface area contributed by atoms with E-state index >= 15 is 0 Å². The zero-order chi connectivity index (χ0) is 14.2. The third-order valence-corrected chi connectivity index (χ3v) is 5.49. The molecule has 1 amide bonds. The van der Waals surface area contributed by atoms with Crippen molar-refractivity contribution in [2.75, 3.05) is 0 Å². The quantitative estimate of drug-likeness (QED) is 0.840. The maximum Gasteiger partial charge on any atom is 0.237 e. The second-order valence-electron chi connectivity index (χ2n) is 5.87. The van der Waals surface area contributed by atoms with E-state index in [1.807, 2.05) is 7.05 Å². The van der Waals surface area contributed by atoms with E-state index in [-0.39, 0.29) is 5.91 Å². The zero-order valence-corrected chi connectivity index (χ0v) is 12.5. The highest BCUT2D eigenvalue weighted by Crippen LogP contribution is 2.39. The minimum absolute atomic E-state index is 0.201. The third kappa shape index (κ3) is 2.83. The molecular weight excluding hydrogens is 274 g/mol. The predicted molar refractivity (Wildman–Crippen MR) is 77.2 cm³/mol. The van der Waals surface area contributed by atoms with Crippen molar-refractivity contribution in [2.24, 2.45) is 12.8 Å². The van der Waals surface area contributed by atoms with Crippen LogP contribution in [0, 0.1) is 0 Å². The fourth-order valence-corrected chi connectivity index (χ4v) is 4.17. The molecule has 2 aliphatic rings. The Hall–Kier alpha value is -1.08. The van der Waals surface area contributed by atoms with E-state index < -0.39 is 5.54 Å². The molecule has 2 unspecified atom stereocenters. The number of primary amides is 1. The van der Waals surface area contributed by atoms with Crippen molar-refractivity contribution in [2.45, 2.75) is 60.5 Å². The number of carbonyl (C=O) groups excluding carboxylic acids is 1. The van der Waals surface area contributed by atoms with E-state index in [9.17, 15) is 4.79 Å². The highest BCUT2D eigenvalue weighted by Gasteiger charge is 2.44. The van der Waals surface area contributed by atoms with Crippen LogP contribution in [0.1, 0.15) is 38.5 Å². The maximum absolute atomic E-state index is 12.0. The van der Waals surface area contributed by atoms with Gasteiger partial charge in [0.05, 0.1) is 5.54 Å². The molecule has 3 rings (SSSR count). The molecule has 1 aromatic rings. The summed E-state index contributed by atoms with van der Waals surface area (Å²) < 4.78 is 1.78. The van der Waals surface area contributed by atoms with Crippen molar-refractivity contribution < 1.29 is 4.79 Å². The molecule has 1 aromatic heterocycles. The van der Waals surface area contributed by atoms with E-state index in [1.165, 1.54) is 0 Å². The van der Waals surface area contributed by atoms with Crippen LogP contribution >= 0.6 is 11.8 Å². The van der Waals surface area contributed by atoms with Crippen LogP contribution in [0.25, 0.3) is 0 Å². The Kier molecular flexibility index (Phi) is 3.72. The van der Waals surface area contributed by atoms with Gasteiger partial charge in [0.2, 0.25) is 5.91 Å². The summed E-state index contributed by atoms with van der Waals surface area (Å²) in [6, 6.07) is 0.487. The van der Waals surface area contributed by atoms with Gasteiger partial charge in [0.25, 0.3) is 0 Å². The van der Waals surface area contributed by atoms with Crippen molar-refractivity contribution in [3.8, 4) is 0 Å². The number of nitrogens with two attached hydrogens (primary N) is 1. The average Bonchev–Trinajstić information content (AvgIpc) is 3.13. The van der Waals surface area contributed by atoms with Gasteiger partial charge >= 0.3 is 0 Å². The standard InChI is InChI=1S/C13H21N5OS/c1-18-12(15-8-16-18)20-10-3-2-6-13(7-10,11(14)19)17-9-4-5-9/h8-10,17H,2-7H2,1H3,(H2,14,19). The molecule has 0 aliphatic heterocycles. The van der Waals surface area contributed by atoms with Gasteiger partial charge in [-0.3, -0.25) is 4.79 Å². The molecule has 0 aromatic carbocycles. The van der Waals surface area contributed by atoms with Crippen LogP contribution in [0.5, 0.6) is 0 Å². The Morgan fingerprint density at radius 1 is 1.55 bits per heavy atom. The minimum Gasteiger partial charge on any atom is -0.368 e. The van der Waals surface area contributed by atoms with Crippen molar-refractivity contribution in [1.29, 1.82) is 0 Å². The number of thioether (sulfide) groups is 1. The van der Waals surface area contributed by atoms with E-state index in [0.717, 1.165) is 43.7 Å². The van der Waals surface area contributed by atoms with Gasteiger partial charge in [0.1, 0.15) is 6.33 Å². The van der Waals surface area contributed by atoms with Crippen molar-refractivity contribution >= 4 is 17.7 Å². The number of nitrogens with one attached hydrogen (secondary N) is 1. The van der Waals surface area contributed by atoms with Crippen LogP contribution in [0.4, 0.5) is 0 Å². The molecule has 1 heterocycles. The summed E-state index contributed by atoms with van der Waals surface area (Å²) in [6.07, 6.45) is 7.66. The fourth-order valence-electron chi connectivity index (χ4n) is 2.91. The first kappa shape index (κ1) is 13.9. The van der Waals surface area contributed by atoms with Gasteiger partial charge in [-0.1, -0.05) is 11.8 Å². The fraction of sp³-hybridized carbons (Fsp3) is 0.769. The summed E-state index contributed by atoms with van der Waals surface area (Å²) in [7, 11) is 1.89. The van der Waals surface area contributed by atoms with E-state index in [2.05, 4.69) is 15.4 Å². The zero-order valence-electron chi connectivity index (χ0n) is 11.7. The maximum atomic E-state index is 12.0. The van der Waals surface area contributed by atoms with Crippen LogP contribution in [-0.4, -0.2) is 37.5 Å². The molecule has 3 N–H and O–H groups in total. The summed E-state index contributed by atoms with van der Waals surface area (Å²) in [5.74, 6) is -0.201. The van der Waals surface area contributed by atoms with Crippen molar-refractivity contribution in [3.05, 3.63) is 6.33 Å². The Morgan fingerprint density at radius 2 is 2.35 bits per heavy atom. The lowest BCUT2D eigenvalue weighted by Crippen LogP contribution is -2.59.